The molecule has 2 nitrogen and oxygen atoms in total. The fraction of sp³-hybridized carbons (Fsp3) is 0.143. The number of benzene rings is 2. The van der Waals surface area contributed by atoms with E-state index < -0.39 is 0 Å². The van der Waals surface area contributed by atoms with Crippen molar-refractivity contribution in [1.82, 2.24) is 0 Å². The molecule has 0 unspecified atom stereocenters. The van der Waals surface area contributed by atoms with Crippen molar-refractivity contribution < 1.29 is 9.47 Å². The van der Waals surface area contributed by atoms with Crippen LogP contribution in [0.2, 0.25) is 10.0 Å². The normalized spacial score (nSPS) is 10.3. The van der Waals surface area contributed by atoms with Gasteiger partial charge in [-0.05, 0) is 45.8 Å². The van der Waals surface area contributed by atoms with E-state index in [0.717, 1.165) is 15.8 Å². The molecule has 5 heteroatoms. The summed E-state index contributed by atoms with van der Waals surface area (Å²) in [7, 11) is 1.62. The van der Waals surface area contributed by atoms with E-state index in [4.69, 9.17) is 32.7 Å². The Balaban J connectivity index is 2.13. The van der Waals surface area contributed by atoms with Crippen molar-refractivity contribution in [3.8, 4) is 11.5 Å². The molecule has 0 saturated heterocycles. The first-order valence-corrected chi connectivity index (χ1v) is 7.06. The Morgan fingerprint density at radius 3 is 2.37 bits per heavy atom. The van der Waals surface area contributed by atoms with Gasteiger partial charge in [0.15, 0.2) is 5.75 Å². The maximum absolute atomic E-state index is 6.04. The third-order valence-electron chi connectivity index (χ3n) is 2.52. The summed E-state index contributed by atoms with van der Waals surface area (Å²) in [4.78, 5) is 0. The minimum absolute atomic E-state index is 0.381. The predicted octanol–water partition coefficient (Wildman–Crippen LogP) is 5.34. The molecule has 0 amide bonds. The van der Waals surface area contributed by atoms with Crippen molar-refractivity contribution in [3.05, 3.63) is 56.5 Å². The summed E-state index contributed by atoms with van der Waals surface area (Å²) in [6.45, 7) is 0.381. The van der Waals surface area contributed by atoms with Crippen LogP contribution >= 0.6 is 39.1 Å². The van der Waals surface area contributed by atoms with Gasteiger partial charge in [-0.3, -0.25) is 0 Å². The van der Waals surface area contributed by atoms with Gasteiger partial charge in [-0.25, -0.2) is 0 Å². The van der Waals surface area contributed by atoms with Crippen LogP contribution in [-0.4, -0.2) is 7.11 Å². The second-order valence-electron chi connectivity index (χ2n) is 3.81. The van der Waals surface area contributed by atoms with E-state index in [9.17, 15) is 0 Å². The van der Waals surface area contributed by atoms with E-state index in [0.29, 0.717) is 22.4 Å². The third kappa shape index (κ3) is 3.56. The lowest BCUT2D eigenvalue weighted by Crippen LogP contribution is -1.97. The zero-order valence-electron chi connectivity index (χ0n) is 10.1. The Kier molecular flexibility index (Phi) is 4.97. The van der Waals surface area contributed by atoms with Gasteiger partial charge in [0.25, 0.3) is 0 Å². The summed E-state index contributed by atoms with van der Waals surface area (Å²) in [6.07, 6.45) is 0. The second kappa shape index (κ2) is 6.51. The van der Waals surface area contributed by atoms with Crippen LogP contribution in [0.4, 0.5) is 0 Å². The molecule has 0 radical (unpaired) electrons. The first-order valence-electron chi connectivity index (χ1n) is 5.51. The molecule has 2 aromatic carbocycles. The van der Waals surface area contributed by atoms with Crippen LogP contribution in [0.15, 0.2) is 40.9 Å². The van der Waals surface area contributed by atoms with Crippen molar-refractivity contribution in [1.29, 1.82) is 0 Å². The van der Waals surface area contributed by atoms with Gasteiger partial charge in [0, 0.05) is 0 Å². The zero-order chi connectivity index (χ0) is 13.8. The Bertz CT molecular complexity index is 567. The van der Waals surface area contributed by atoms with Crippen molar-refractivity contribution in [2.45, 2.75) is 6.61 Å². The van der Waals surface area contributed by atoms with Crippen LogP contribution in [0, 0.1) is 0 Å². The number of methoxy groups -OCH3 is 1. The standard InChI is InChI=1S/C14H11BrCl2O2/c1-18-13-6-5-9(7-10(13)15)8-19-14-11(16)3-2-4-12(14)17/h2-7H,8H2,1H3. The van der Waals surface area contributed by atoms with Crippen LogP contribution in [0.1, 0.15) is 5.56 Å². The van der Waals surface area contributed by atoms with Gasteiger partial charge in [-0.2, -0.15) is 0 Å². The average Bonchev–Trinajstić information content (AvgIpc) is 2.38. The number of hydrogen-bond donors (Lipinski definition) is 0. The highest BCUT2D eigenvalue weighted by Crippen LogP contribution is 2.33. The number of ether oxygens (including phenoxy) is 2. The van der Waals surface area contributed by atoms with Crippen molar-refractivity contribution in [3.63, 3.8) is 0 Å². The van der Waals surface area contributed by atoms with Crippen LogP contribution in [0.25, 0.3) is 0 Å². The summed E-state index contributed by atoms with van der Waals surface area (Å²) in [5.41, 5.74) is 0.990. The minimum atomic E-state index is 0.381. The maximum Gasteiger partial charge on any atom is 0.156 e. The van der Waals surface area contributed by atoms with Crippen LogP contribution < -0.4 is 9.47 Å². The summed E-state index contributed by atoms with van der Waals surface area (Å²) in [5.74, 6) is 1.28. The number of rotatable bonds is 4. The molecule has 0 aliphatic heterocycles. The maximum atomic E-state index is 6.04. The molecule has 0 aromatic heterocycles. The van der Waals surface area contributed by atoms with E-state index in [1.807, 2.05) is 18.2 Å². The zero-order valence-corrected chi connectivity index (χ0v) is 13.2. The molecule has 0 bridgehead atoms. The molecule has 0 saturated carbocycles. The Hall–Kier alpha value is -0.900. The predicted molar refractivity (Wildman–Crippen MR) is 81.5 cm³/mol. The van der Waals surface area contributed by atoms with Gasteiger partial charge in [0.05, 0.1) is 21.6 Å². The highest BCUT2D eigenvalue weighted by atomic mass is 79.9. The van der Waals surface area contributed by atoms with E-state index in [2.05, 4.69) is 15.9 Å². The van der Waals surface area contributed by atoms with Gasteiger partial charge in [-0.15, -0.1) is 0 Å². The molecule has 2 aromatic rings. The van der Waals surface area contributed by atoms with Crippen LogP contribution in [0.3, 0.4) is 0 Å². The third-order valence-corrected chi connectivity index (χ3v) is 3.73. The monoisotopic (exact) mass is 360 g/mol. The first-order chi connectivity index (χ1) is 9.11. The number of para-hydroxylation sites is 1. The number of hydrogen-bond acceptors (Lipinski definition) is 2. The van der Waals surface area contributed by atoms with Crippen LogP contribution in [-0.2, 0) is 6.61 Å². The van der Waals surface area contributed by atoms with E-state index >= 15 is 0 Å². The number of halogens is 3. The van der Waals surface area contributed by atoms with Crippen molar-refractivity contribution >= 4 is 39.1 Å². The van der Waals surface area contributed by atoms with Gasteiger partial charge in [0.2, 0.25) is 0 Å². The average molecular weight is 362 g/mol. The van der Waals surface area contributed by atoms with Gasteiger partial charge >= 0.3 is 0 Å². The van der Waals surface area contributed by atoms with Crippen LogP contribution in [0.5, 0.6) is 11.5 Å². The molecule has 0 N–H and O–H groups in total. The van der Waals surface area contributed by atoms with E-state index in [1.54, 1.807) is 25.3 Å². The van der Waals surface area contributed by atoms with Gasteiger partial charge in [-0.1, -0.05) is 35.3 Å². The molecule has 19 heavy (non-hydrogen) atoms. The minimum Gasteiger partial charge on any atom is -0.496 e. The van der Waals surface area contributed by atoms with Gasteiger partial charge in [0.1, 0.15) is 12.4 Å². The molecule has 0 aliphatic carbocycles. The Morgan fingerprint density at radius 2 is 1.79 bits per heavy atom. The summed E-state index contributed by atoms with van der Waals surface area (Å²) in [6, 6.07) is 11.0. The first kappa shape index (κ1) is 14.5. The molecule has 0 atom stereocenters. The SMILES string of the molecule is COc1ccc(COc2c(Cl)cccc2Cl)cc1Br. The summed E-state index contributed by atoms with van der Waals surface area (Å²) < 4.78 is 11.7. The fourth-order valence-electron chi connectivity index (χ4n) is 1.58. The lowest BCUT2D eigenvalue weighted by atomic mass is 10.2. The smallest absolute Gasteiger partial charge is 0.156 e. The van der Waals surface area contributed by atoms with Gasteiger partial charge < -0.3 is 9.47 Å². The second-order valence-corrected chi connectivity index (χ2v) is 5.48. The molecular weight excluding hydrogens is 351 g/mol. The molecule has 100 valence electrons. The quantitative estimate of drug-likeness (QED) is 0.731. The fourth-order valence-corrected chi connectivity index (χ4v) is 2.67. The molecule has 2 rings (SSSR count). The molecule has 0 aliphatic rings. The van der Waals surface area contributed by atoms with E-state index in [1.165, 1.54) is 0 Å². The molecule has 0 spiro atoms. The highest BCUT2D eigenvalue weighted by Gasteiger charge is 2.08. The summed E-state index contributed by atoms with van der Waals surface area (Å²) in [5, 5.41) is 1.00. The molecular formula is C14H11BrCl2O2. The topological polar surface area (TPSA) is 18.5 Å². The lowest BCUT2D eigenvalue weighted by Gasteiger charge is -2.11. The Labute approximate surface area is 130 Å². The molecule has 0 heterocycles. The Morgan fingerprint density at radius 1 is 1.11 bits per heavy atom. The van der Waals surface area contributed by atoms with Crippen molar-refractivity contribution in [2.75, 3.05) is 7.11 Å². The lowest BCUT2D eigenvalue weighted by molar-refractivity contribution is 0.306. The largest absolute Gasteiger partial charge is 0.496 e. The summed E-state index contributed by atoms with van der Waals surface area (Å²) >= 11 is 15.5. The van der Waals surface area contributed by atoms with Crippen molar-refractivity contribution in [2.24, 2.45) is 0 Å². The highest BCUT2D eigenvalue weighted by molar-refractivity contribution is 9.10. The van der Waals surface area contributed by atoms with E-state index in [-0.39, 0.29) is 0 Å². The molecule has 0 fully saturated rings.